The van der Waals surface area contributed by atoms with Crippen LogP contribution in [0.3, 0.4) is 0 Å². The van der Waals surface area contributed by atoms with E-state index in [-0.39, 0.29) is 5.56 Å². The Labute approximate surface area is 105 Å². The Balaban J connectivity index is 2.43. The van der Waals surface area contributed by atoms with Gasteiger partial charge in [0.2, 0.25) is 0 Å². The topological polar surface area (TPSA) is 25.2 Å². The van der Waals surface area contributed by atoms with Crippen LogP contribution >= 0.6 is 15.9 Å². The molecular formula is C12H19BrN2O. The number of hydrogen-bond acceptors (Lipinski definition) is 2. The maximum absolute atomic E-state index is 11.5. The Morgan fingerprint density at radius 2 is 2.19 bits per heavy atom. The molecule has 0 N–H and O–H groups in total. The van der Waals surface area contributed by atoms with Crippen molar-refractivity contribution in [2.24, 2.45) is 0 Å². The van der Waals surface area contributed by atoms with Gasteiger partial charge < -0.3 is 9.47 Å². The monoisotopic (exact) mass is 286 g/mol. The molecule has 1 heterocycles. The third-order valence-corrected chi connectivity index (χ3v) is 3.17. The van der Waals surface area contributed by atoms with Gasteiger partial charge in [-0.2, -0.15) is 0 Å². The molecule has 0 radical (unpaired) electrons. The summed E-state index contributed by atoms with van der Waals surface area (Å²) in [5.74, 6) is 0. The van der Waals surface area contributed by atoms with E-state index in [0.29, 0.717) is 0 Å². The molecule has 0 aliphatic carbocycles. The van der Waals surface area contributed by atoms with Crippen LogP contribution in [0.25, 0.3) is 0 Å². The molecule has 0 aliphatic rings. The third-order valence-electron chi connectivity index (χ3n) is 2.61. The smallest absolute Gasteiger partial charge is 0.250 e. The molecular weight excluding hydrogens is 268 g/mol. The molecule has 0 saturated carbocycles. The lowest BCUT2D eigenvalue weighted by atomic mass is 10.4. The number of hydrogen-bond donors (Lipinski definition) is 0. The second kappa shape index (κ2) is 7.63. The van der Waals surface area contributed by atoms with E-state index < -0.39 is 0 Å². The van der Waals surface area contributed by atoms with Crippen LogP contribution in [0.1, 0.15) is 13.3 Å². The normalized spacial score (nSPS) is 10.9. The first-order valence-corrected chi connectivity index (χ1v) is 6.84. The Kier molecular flexibility index (Phi) is 6.42. The number of alkyl halides is 1. The number of likely N-dealkylation sites (N-methyl/N-ethyl adjacent to an activating group) is 1. The molecule has 1 rings (SSSR count). The van der Waals surface area contributed by atoms with Crippen molar-refractivity contribution in [3.05, 3.63) is 34.7 Å². The molecule has 0 saturated heterocycles. The van der Waals surface area contributed by atoms with E-state index in [1.807, 2.05) is 12.3 Å². The average molecular weight is 287 g/mol. The lowest BCUT2D eigenvalue weighted by Crippen LogP contribution is -2.31. The molecule has 0 atom stereocenters. The Hall–Kier alpha value is -0.610. The molecule has 0 unspecified atom stereocenters. The second-order valence-corrected chi connectivity index (χ2v) is 4.50. The van der Waals surface area contributed by atoms with E-state index in [4.69, 9.17) is 0 Å². The zero-order chi connectivity index (χ0) is 11.8. The van der Waals surface area contributed by atoms with Crippen LogP contribution in [0.15, 0.2) is 29.2 Å². The van der Waals surface area contributed by atoms with Gasteiger partial charge in [0.1, 0.15) is 0 Å². The van der Waals surface area contributed by atoms with Gasteiger partial charge in [0.15, 0.2) is 0 Å². The fourth-order valence-corrected chi connectivity index (χ4v) is 1.86. The van der Waals surface area contributed by atoms with E-state index in [1.54, 1.807) is 16.7 Å². The minimum Gasteiger partial charge on any atom is -0.314 e. The minimum absolute atomic E-state index is 0.0824. The zero-order valence-electron chi connectivity index (χ0n) is 9.73. The standard InChI is InChI=1S/C12H19BrN2O/c1-2-14(8-5-7-13)10-11-15-9-4-3-6-12(15)16/h3-4,6,9H,2,5,7-8,10-11H2,1H3. The van der Waals surface area contributed by atoms with Gasteiger partial charge in [-0.25, -0.2) is 0 Å². The highest BCUT2D eigenvalue weighted by Crippen LogP contribution is 1.95. The fraction of sp³-hybridized carbons (Fsp3) is 0.583. The number of halogens is 1. The van der Waals surface area contributed by atoms with E-state index in [0.717, 1.165) is 37.9 Å². The minimum atomic E-state index is 0.0824. The molecule has 1 aromatic rings. The van der Waals surface area contributed by atoms with Crippen LogP contribution in [0.5, 0.6) is 0 Å². The summed E-state index contributed by atoms with van der Waals surface area (Å²) < 4.78 is 1.76. The van der Waals surface area contributed by atoms with E-state index in [2.05, 4.69) is 27.8 Å². The van der Waals surface area contributed by atoms with Gasteiger partial charge in [0.05, 0.1) is 0 Å². The zero-order valence-corrected chi connectivity index (χ0v) is 11.3. The van der Waals surface area contributed by atoms with Crippen LogP contribution in [-0.2, 0) is 6.54 Å². The summed E-state index contributed by atoms with van der Waals surface area (Å²) in [4.78, 5) is 13.8. The van der Waals surface area contributed by atoms with Gasteiger partial charge in [-0.05, 0) is 25.6 Å². The van der Waals surface area contributed by atoms with Gasteiger partial charge >= 0.3 is 0 Å². The van der Waals surface area contributed by atoms with E-state index in [1.165, 1.54) is 0 Å². The Morgan fingerprint density at radius 3 is 2.81 bits per heavy atom. The van der Waals surface area contributed by atoms with Gasteiger partial charge in [-0.15, -0.1) is 0 Å². The first kappa shape index (κ1) is 13.5. The van der Waals surface area contributed by atoms with Gasteiger partial charge in [-0.1, -0.05) is 28.9 Å². The number of aromatic nitrogens is 1. The molecule has 90 valence electrons. The lowest BCUT2D eigenvalue weighted by Gasteiger charge is -2.20. The second-order valence-electron chi connectivity index (χ2n) is 3.71. The Bertz CT molecular complexity index is 351. The molecule has 0 spiro atoms. The van der Waals surface area contributed by atoms with Crippen molar-refractivity contribution in [1.82, 2.24) is 9.47 Å². The van der Waals surface area contributed by atoms with Crippen molar-refractivity contribution in [3.63, 3.8) is 0 Å². The summed E-state index contributed by atoms with van der Waals surface area (Å²) in [6.45, 7) is 5.99. The summed E-state index contributed by atoms with van der Waals surface area (Å²) >= 11 is 3.43. The van der Waals surface area contributed by atoms with Crippen LogP contribution in [0.2, 0.25) is 0 Å². The molecule has 0 fully saturated rings. The number of pyridine rings is 1. The summed E-state index contributed by atoms with van der Waals surface area (Å²) in [7, 11) is 0. The van der Waals surface area contributed by atoms with Crippen LogP contribution in [-0.4, -0.2) is 34.4 Å². The van der Waals surface area contributed by atoms with Crippen molar-refractivity contribution in [2.75, 3.05) is 25.0 Å². The molecule has 1 aromatic heterocycles. The molecule has 0 bridgehead atoms. The molecule has 16 heavy (non-hydrogen) atoms. The van der Waals surface area contributed by atoms with Crippen LogP contribution < -0.4 is 5.56 Å². The summed E-state index contributed by atoms with van der Waals surface area (Å²) in [5.41, 5.74) is 0.0824. The highest BCUT2D eigenvalue weighted by molar-refractivity contribution is 9.09. The molecule has 3 nitrogen and oxygen atoms in total. The fourth-order valence-electron chi connectivity index (χ4n) is 1.61. The highest BCUT2D eigenvalue weighted by atomic mass is 79.9. The van der Waals surface area contributed by atoms with Gasteiger partial charge in [-0.3, -0.25) is 4.79 Å². The average Bonchev–Trinajstić information content (AvgIpc) is 2.31. The molecule has 0 amide bonds. The molecule has 4 heteroatoms. The predicted octanol–water partition coefficient (Wildman–Crippen LogP) is 1.96. The SMILES string of the molecule is CCN(CCCBr)CCn1ccccc1=O. The first-order chi connectivity index (χ1) is 7.77. The molecule has 0 aliphatic heterocycles. The van der Waals surface area contributed by atoms with Gasteiger partial charge in [0, 0.05) is 30.7 Å². The number of nitrogens with zero attached hydrogens (tertiary/aromatic N) is 2. The van der Waals surface area contributed by atoms with Crippen LogP contribution in [0.4, 0.5) is 0 Å². The highest BCUT2D eigenvalue weighted by Gasteiger charge is 2.02. The predicted molar refractivity (Wildman–Crippen MR) is 71.2 cm³/mol. The summed E-state index contributed by atoms with van der Waals surface area (Å²) in [5, 5.41) is 1.04. The van der Waals surface area contributed by atoms with Crippen LogP contribution in [0, 0.1) is 0 Å². The first-order valence-electron chi connectivity index (χ1n) is 5.71. The summed E-state index contributed by atoms with van der Waals surface area (Å²) in [6.07, 6.45) is 3.00. The van der Waals surface area contributed by atoms with E-state index in [9.17, 15) is 4.79 Å². The van der Waals surface area contributed by atoms with E-state index >= 15 is 0 Å². The number of rotatable bonds is 7. The Morgan fingerprint density at radius 1 is 1.38 bits per heavy atom. The third kappa shape index (κ3) is 4.49. The van der Waals surface area contributed by atoms with Crippen molar-refractivity contribution in [2.45, 2.75) is 19.9 Å². The lowest BCUT2D eigenvalue weighted by molar-refractivity contribution is 0.276. The quantitative estimate of drug-likeness (QED) is 0.716. The maximum atomic E-state index is 11.5. The van der Waals surface area contributed by atoms with Crippen molar-refractivity contribution in [3.8, 4) is 0 Å². The largest absolute Gasteiger partial charge is 0.314 e. The summed E-state index contributed by atoms with van der Waals surface area (Å²) in [6, 6.07) is 5.28. The van der Waals surface area contributed by atoms with Gasteiger partial charge in [0.25, 0.3) is 5.56 Å². The van der Waals surface area contributed by atoms with Crippen molar-refractivity contribution in [1.29, 1.82) is 0 Å². The molecule has 0 aromatic carbocycles. The van der Waals surface area contributed by atoms with Crippen molar-refractivity contribution >= 4 is 15.9 Å². The van der Waals surface area contributed by atoms with Crippen molar-refractivity contribution < 1.29 is 0 Å². The maximum Gasteiger partial charge on any atom is 0.250 e.